The van der Waals surface area contributed by atoms with E-state index in [0.29, 0.717) is 17.5 Å². The van der Waals surface area contributed by atoms with Gasteiger partial charge in [-0.25, -0.2) is 0 Å². The first-order valence-corrected chi connectivity index (χ1v) is 9.97. The molecule has 29 heavy (non-hydrogen) atoms. The van der Waals surface area contributed by atoms with Gasteiger partial charge < -0.3 is 19.1 Å². The second-order valence-corrected chi connectivity index (χ2v) is 7.49. The van der Waals surface area contributed by atoms with Gasteiger partial charge in [-0.3, -0.25) is 0 Å². The average molecular weight is 390 g/mol. The summed E-state index contributed by atoms with van der Waals surface area (Å²) in [4.78, 5) is 2.30. The van der Waals surface area contributed by atoms with Crippen molar-refractivity contribution >= 4 is 5.57 Å². The lowest BCUT2D eigenvalue weighted by atomic mass is 9.78. The number of methoxy groups -OCH3 is 3. The summed E-state index contributed by atoms with van der Waals surface area (Å²) < 4.78 is 16.3. The third kappa shape index (κ3) is 3.40. The highest BCUT2D eigenvalue weighted by molar-refractivity contribution is 5.79. The summed E-state index contributed by atoms with van der Waals surface area (Å²) in [6.07, 6.45) is 3.27. The van der Waals surface area contributed by atoms with Crippen LogP contribution in [-0.4, -0.2) is 38.8 Å². The van der Waals surface area contributed by atoms with E-state index in [1.54, 1.807) is 21.3 Å². The second-order valence-electron chi connectivity index (χ2n) is 7.49. The lowest BCUT2D eigenvalue weighted by Gasteiger charge is -2.38. The smallest absolute Gasteiger partial charge is 0.161 e. The van der Waals surface area contributed by atoms with Gasteiger partial charge in [0, 0.05) is 24.1 Å². The van der Waals surface area contributed by atoms with Crippen molar-refractivity contribution < 1.29 is 14.2 Å². The summed E-state index contributed by atoms with van der Waals surface area (Å²) in [6, 6.07) is 17.1. The number of rotatable bonds is 5. The maximum atomic E-state index is 10.1. The second kappa shape index (κ2) is 8.08. The molecule has 1 fully saturated rings. The van der Waals surface area contributed by atoms with Crippen LogP contribution in [0, 0.1) is 11.3 Å². The van der Waals surface area contributed by atoms with E-state index >= 15 is 0 Å². The van der Waals surface area contributed by atoms with Crippen molar-refractivity contribution in [1.29, 1.82) is 5.26 Å². The number of hydrogen-bond donors (Lipinski definition) is 0. The lowest BCUT2D eigenvalue weighted by Crippen LogP contribution is -2.35. The molecule has 0 aromatic heterocycles. The molecule has 2 aromatic rings. The molecule has 5 nitrogen and oxygen atoms in total. The molecule has 4 rings (SSSR count). The van der Waals surface area contributed by atoms with Crippen LogP contribution in [0.2, 0.25) is 0 Å². The Morgan fingerprint density at radius 1 is 0.966 bits per heavy atom. The van der Waals surface area contributed by atoms with Crippen molar-refractivity contribution in [2.75, 3.05) is 27.9 Å². The Hall–Kier alpha value is -3.13. The first kappa shape index (κ1) is 19.2. The number of hydrogen-bond acceptors (Lipinski definition) is 5. The van der Waals surface area contributed by atoms with Crippen LogP contribution >= 0.6 is 0 Å². The fourth-order valence-electron chi connectivity index (χ4n) is 4.69. The molecule has 2 aliphatic heterocycles. The van der Waals surface area contributed by atoms with Crippen LogP contribution in [0.25, 0.3) is 5.57 Å². The highest BCUT2D eigenvalue weighted by Crippen LogP contribution is 2.47. The molecule has 5 heteroatoms. The molecule has 0 spiro atoms. The number of benzene rings is 2. The number of ether oxygens (including phenoxy) is 3. The molecule has 0 unspecified atom stereocenters. The van der Waals surface area contributed by atoms with Gasteiger partial charge in [-0.15, -0.1) is 0 Å². The van der Waals surface area contributed by atoms with Gasteiger partial charge in [-0.2, -0.15) is 5.26 Å². The third-order valence-electron chi connectivity index (χ3n) is 6.09. The van der Waals surface area contributed by atoms with Crippen LogP contribution in [0.4, 0.5) is 0 Å². The van der Waals surface area contributed by atoms with E-state index in [2.05, 4.69) is 23.1 Å². The van der Waals surface area contributed by atoms with Gasteiger partial charge in [0.1, 0.15) is 17.5 Å². The zero-order valence-electron chi connectivity index (χ0n) is 17.1. The summed E-state index contributed by atoms with van der Waals surface area (Å²) in [7, 11) is 4.95. The van der Waals surface area contributed by atoms with Crippen molar-refractivity contribution in [2.24, 2.45) is 0 Å². The van der Waals surface area contributed by atoms with Crippen molar-refractivity contribution in [2.45, 2.75) is 31.2 Å². The topological polar surface area (TPSA) is 54.7 Å². The zero-order valence-corrected chi connectivity index (χ0v) is 17.1. The molecular formula is C24H26N2O3. The Bertz CT molecular complexity index is 959. The van der Waals surface area contributed by atoms with E-state index in [4.69, 9.17) is 14.2 Å². The predicted molar refractivity (Wildman–Crippen MR) is 112 cm³/mol. The van der Waals surface area contributed by atoms with Crippen molar-refractivity contribution in [3.8, 4) is 23.3 Å². The highest BCUT2D eigenvalue weighted by atomic mass is 16.5. The fraction of sp³-hybridized carbons (Fsp3) is 0.375. The summed E-state index contributed by atoms with van der Waals surface area (Å²) in [5.41, 5.74) is 4.06. The first-order chi connectivity index (χ1) is 14.2. The van der Waals surface area contributed by atoms with E-state index in [9.17, 15) is 5.26 Å². The fourth-order valence-corrected chi connectivity index (χ4v) is 4.69. The van der Waals surface area contributed by atoms with E-state index in [1.807, 2.05) is 30.3 Å². The summed E-state index contributed by atoms with van der Waals surface area (Å²) >= 11 is 0. The molecule has 150 valence electrons. The molecular weight excluding hydrogens is 364 g/mol. The van der Waals surface area contributed by atoms with Gasteiger partial charge in [0.2, 0.25) is 0 Å². The number of nitrogens with zero attached hydrogens (tertiary/aromatic N) is 2. The summed E-state index contributed by atoms with van der Waals surface area (Å²) in [6.45, 7) is 0.944. The molecule has 0 amide bonds. The van der Waals surface area contributed by atoms with Crippen molar-refractivity contribution in [1.82, 2.24) is 4.90 Å². The average Bonchev–Trinajstić information content (AvgIpc) is 3.25. The van der Waals surface area contributed by atoms with Crippen LogP contribution < -0.4 is 14.2 Å². The third-order valence-corrected chi connectivity index (χ3v) is 6.09. The van der Waals surface area contributed by atoms with Crippen LogP contribution in [0.15, 0.2) is 48.2 Å². The minimum absolute atomic E-state index is 0.146. The van der Waals surface area contributed by atoms with E-state index < -0.39 is 0 Å². The number of fused-ring (bicyclic) bond motifs is 1. The Morgan fingerprint density at radius 3 is 2.38 bits per heavy atom. The van der Waals surface area contributed by atoms with Crippen molar-refractivity contribution in [3.63, 3.8) is 0 Å². The molecule has 2 heterocycles. The molecule has 0 N–H and O–H groups in total. The largest absolute Gasteiger partial charge is 0.497 e. The van der Waals surface area contributed by atoms with Crippen LogP contribution in [0.1, 0.15) is 36.3 Å². The maximum Gasteiger partial charge on any atom is 0.161 e. The van der Waals surface area contributed by atoms with E-state index in [1.165, 1.54) is 5.56 Å². The molecule has 2 atom stereocenters. The molecule has 2 aliphatic rings. The van der Waals surface area contributed by atoms with Gasteiger partial charge in [-0.1, -0.05) is 18.2 Å². The predicted octanol–water partition coefficient (Wildman–Crippen LogP) is 4.60. The Kier molecular flexibility index (Phi) is 5.35. The monoisotopic (exact) mass is 390 g/mol. The molecule has 0 radical (unpaired) electrons. The molecule has 0 bridgehead atoms. The van der Waals surface area contributed by atoms with Gasteiger partial charge in [0.05, 0.1) is 21.3 Å². The first-order valence-electron chi connectivity index (χ1n) is 9.97. The van der Waals surface area contributed by atoms with E-state index in [0.717, 1.165) is 48.4 Å². The lowest BCUT2D eigenvalue weighted by molar-refractivity contribution is 0.293. The quantitative estimate of drug-likeness (QED) is 0.747. The minimum Gasteiger partial charge on any atom is -0.497 e. The molecule has 0 aliphatic carbocycles. The Balaban J connectivity index is 1.87. The van der Waals surface area contributed by atoms with Gasteiger partial charge in [-0.05, 0) is 54.7 Å². The van der Waals surface area contributed by atoms with E-state index in [-0.39, 0.29) is 5.92 Å². The number of nitriles is 1. The Labute approximate surface area is 172 Å². The highest BCUT2D eigenvalue weighted by Gasteiger charge is 2.38. The zero-order chi connectivity index (χ0) is 20.4. The van der Waals surface area contributed by atoms with Crippen LogP contribution in [0.5, 0.6) is 17.2 Å². The minimum atomic E-state index is 0.146. The number of allylic oxidation sites excluding steroid dienone is 2. The van der Waals surface area contributed by atoms with Gasteiger partial charge in [0.15, 0.2) is 11.5 Å². The summed E-state index contributed by atoms with van der Waals surface area (Å²) in [5.74, 6) is 2.34. The molecule has 1 saturated heterocycles. The molecule has 2 aromatic carbocycles. The normalized spacial score (nSPS) is 20.8. The maximum absolute atomic E-state index is 10.1. The summed E-state index contributed by atoms with van der Waals surface area (Å²) in [5, 5.41) is 10.1. The van der Waals surface area contributed by atoms with Crippen molar-refractivity contribution in [3.05, 3.63) is 59.3 Å². The SMILES string of the molecule is COc1ccc([C@@H]2C[C@@H]3CCCN3C(C#N)=C2c2ccc(OC)c(OC)c2)cc1. The standard InChI is InChI=1S/C24H26N2O3/c1-27-19-9-6-16(7-10-19)20-14-18-5-4-12-26(18)21(15-25)24(20)17-8-11-22(28-2)23(13-17)29-3/h6-11,13,18,20H,4-5,12,14H2,1-3H3/t18-,20-/m0/s1. The van der Waals surface area contributed by atoms with Crippen LogP contribution in [-0.2, 0) is 0 Å². The van der Waals surface area contributed by atoms with Gasteiger partial charge in [0.25, 0.3) is 0 Å². The Morgan fingerprint density at radius 2 is 1.72 bits per heavy atom. The van der Waals surface area contributed by atoms with Crippen LogP contribution in [0.3, 0.4) is 0 Å². The van der Waals surface area contributed by atoms with Gasteiger partial charge >= 0.3 is 0 Å². The molecule has 0 saturated carbocycles.